The molecule has 2 aromatic carbocycles. The van der Waals surface area contributed by atoms with Crippen LogP contribution in [-0.2, 0) is 0 Å². The van der Waals surface area contributed by atoms with Gasteiger partial charge in [-0.1, -0.05) is 61.0 Å². The summed E-state index contributed by atoms with van der Waals surface area (Å²) in [6.07, 6.45) is 4.21. The Morgan fingerprint density at radius 2 is 1.67 bits per heavy atom. The van der Waals surface area contributed by atoms with E-state index in [0.29, 0.717) is 5.92 Å². The Kier molecular flexibility index (Phi) is 4.66. The lowest BCUT2D eigenvalue weighted by Crippen LogP contribution is -2.01. The van der Waals surface area contributed by atoms with Crippen molar-refractivity contribution in [1.82, 2.24) is 0 Å². The van der Waals surface area contributed by atoms with Crippen molar-refractivity contribution < 1.29 is 0 Å². The van der Waals surface area contributed by atoms with Gasteiger partial charge in [-0.05, 0) is 49.1 Å². The second-order valence-corrected chi connectivity index (χ2v) is 6.48. The number of nitrogens with zero attached hydrogens (tertiary/aromatic N) is 1. The molecule has 24 heavy (non-hydrogen) atoms. The summed E-state index contributed by atoms with van der Waals surface area (Å²) in [4.78, 5) is 0. The zero-order valence-electron chi connectivity index (χ0n) is 14.8. The molecule has 1 atom stereocenters. The van der Waals surface area contributed by atoms with Crippen LogP contribution in [0.3, 0.4) is 0 Å². The number of nitrogens with one attached hydrogen (secondary N) is 1. The van der Waals surface area contributed by atoms with Crippen molar-refractivity contribution in [2.75, 3.05) is 5.43 Å². The first-order valence-electron chi connectivity index (χ1n) is 8.41. The lowest BCUT2D eigenvalue weighted by atomic mass is 9.89. The molecule has 2 aromatic rings. The normalized spacial score (nSPS) is 17.5. The molecule has 0 fully saturated rings. The fourth-order valence-corrected chi connectivity index (χ4v) is 3.28. The molecule has 0 bridgehead atoms. The van der Waals surface area contributed by atoms with Crippen molar-refractivity contribution >= 4 is 17.5 Å². The van der Waals surface area contributed by atoms with Crippen molar-refractivity contribution in [3.8, 4) is 0 Å². The summed E-state index contributed by atoms with van der Waals surface area (Å²) in [6, 6.07) is 16.6. The third kappa shape index (κ3) is 3.18. The standard InChI is InChI=1S/C22H24N2/c1-15-9-5-8-12-21(15)24-23-14-19-10-6-7-11-20(19)22-17(3)13-16(2)18(22)4/h5-14,18,24H,1-4H3. The third-order valence-electron chi connectivity index (χ3n) is 4.77. The molecule has 2 heteroatoms. The minimum atomic E-state index is 0.462. The van der Waals surface area contributed by atoms with Gasteiger partial charge in [-0.2, -0.15) is 5.10 Å². The highest BCUT2D eigenvalue weighted by molar-refractivity contribution is 5.91. The monoisotopic (exact) mass is 316 g/mol. The van der Waals surface area contributed by atoms with Gasteiger partial charge in [0.25, 0.3) is 0 Å². The van der Waals surface area contributed by atoms with Crippen LogP contribution in [0.4, 0.5) is 5.69 Å². The number of hydrazone groups is 1. The topological polar surface area (TPSA) is 24.4 Å². The van der Waals surface area contributed by atoms with Gasteiger partial charge in [-0.15, -0.1) is 0 Å². The minimum Gasteiger partial charge on any atom is -0.278 e. The van der Waals surface area contributed by atoms with E-state index >= 15 is 0 Å². The van der Waals surface area contributed by atoms with Crippen LogP contribution >= 0.6 is 0 Å². The number of para-hydroxylation sites is 1. The van der Waals surface area contributed by atoms with E-state index in [2.05, 4.69) is 74.6 Å². The van der Waals surface area contributed by atoms with Crippen LogP contribution in [-0.4, -0.2) is 6.21 Å². The molecule has 1 N–H and O–H groups in total. The first-order valence-corrected chi connectivity index (χ1v) is 8.41. The number of hydrogen-bond donors (Lipinski definition) is 1. The summed E-state index contributed by atoms with van der Waals surface area (Å²) in [6.45, 7) is 8.76. The Balaban J connectivity index is 1.87. The Bertz CT molecular complexity index is 841. The Morgan fingerprint density at radius 3 is 2.38 bits per heavy atom. The Hall–Kier alpha value is -2.61. The number of benzene rings is 2. The van der Waals surface area contributed by atoms with E-state index in [0.717, 1.165) is 11.3 Å². The average molecular weight is 316 g/mol. The number of hydrogen-bond acceptors (Lipinski definition) is 2. The number of anilines is 1. The summed E-state index contributed by atoms with van der Waals surface area (Å²) >= 11 is 0. The molecule has 0 amide bonds. The molecule has 3 rings (SSSR count). The van der Waals surface area contributed by atoms with E-state index in [9.17, 15) is 0 Å². The number of allylic oxidation sites excluding steroid dienone is 4. The maximum Gasteiger partial charge on any atom is 0.0590 e. The van der Waals surface area contributed by atoms with Crippen molar-refractivity contribution in [2.45, 2.75) is 27.7 Å². The highest BCUT2D eigenvalue weighted by atomic mass is 15.3. The van der Waals surface area contributed by atoms with Crippen molar-refractivity contribution in [1.29, 1.82) is 0 Å². The molecular formula is C22H24N2. The van der Waals surface area contributed by atoms with E-state index < -0.39 is 0 Å². The fourth-order valence-electron chi connectivity index (χ4n) is 3.28. The van der Waals surface area contributed by atoms with Gasteiger partial charge in [0.05, 0.1) is 11.9 Å². The third-order valence-corrected chi connectivity index (χ3v) is 4.77. The molecule has 0 saturated carbocycles. The lowest BCUT2D eigenvalue weighted by molar-refractivity contribution is 0.901. The highest BCUT2D eigenvalue weighted by Crippen LogP contribution is 2.38. The van der Waals surface area contributed by atoms with Crippen LogP contribution in [0, 0.1) is 12.8 Å². The van der Waals surface area contributed by atoms with Gasteiger partial charge in [-0.3, -0.25) is 5.43 Å². The molecule has 122 valence electrons. The molecule has 1 aliphatic carbocycles. The molecule has 0 radical (unpaired) electrons. The largest absolute Gasteiger partial charge is 0.278 e. The minimum absolute atomic E-state index is 0.462. The molecule has 1 aliphatic rings. The van der Waals surface area contributed by atoms with E-state index in [4.69, 9.17) is 0 Å². The van der Waals surface area contributed by atoms with Gasteiger partial charge in [0.2, 0.25) is 0 Å². The quantitative estimate of drug-likeness (QED) is 0.558. The smallest absolute Gasteiger partial charge is 0.0590 e. The average Bonchev–Trinajstić information content (AvgIpc) is 2.82. The molecule has 0 spiro atoms. The first kappa shape index (κ1) is 16.3. The molecule has 1 unspecified atom stereocenters. The van der Waals surface area contributed by atoms with Crippen LogP contribution in [0.5, 0.6) is 0 Å². The van der Waals surface area contributed by atoms with E-state index in [1.807, 2.05) is 24.4 Å². The predicted octanol–water partition coefficient (Wildman–Crippen LogP) is 5.81. The van der Waals surface area contributed by atoms with E-state index in [1.54, 1.807) is 0 Å². The van der Waals surface area contributed by atoms with E-state index in [-0.39, 0.29) is 0 Å². The summed E-state index contributed by atoms with van der Waals surface area (Å²) in [5, 5.41) is 4.46. The van der Waals surface area contributed by atoms with E-state index in [1.165, 1.54) is 27.8 Å². The molecule has 0 aromatic heterocycles. The zero-order valence-corrected chi connectivity index (χ0v) is 14.8. The molecule has 0 heterocycles. The molecule has 2 nitrogen and oxygen atoms in total. The maximum absolute atomic E-state index is 4.46. The lowest BCUT2D eigenvalue weighted by Gasteiger charge is -2.15. The highest BCUT2D eigenvalue weighted by Gasteiger charge is 2.21. The second kappa shape index (κ2) is 6.88. The van der Waals surface area contributed by atoms with Gasteiger partial charge in [0.1, 0.15) is 0 Å². The van der Waals surface area contributed by atoms with Crippen molar-refractivity contribution in [3.63, 3.8) is 0 Å². The van der Waals surface area contributed by atoms with Gasteiger partial charge in [0.15, 0.2) is 0 Å². The maximum atomic E-state index is 4.46. The summed E-state index contributed by atoms with van der Waals surface area (Å²) < 4.78 is 0. The van der Waals surface area contributed by atoms with Crippen molar-refractivity contribution in [2.24, 2.45) is 11.0 Å². The van der Waals surface area contributed by atoms with Gasteiger partial charge >= 0.3 is 0 Å². The van der Waals surface area contributed by atoms with Gasteiger partial charge in [-0.25, -0.2) is 0 Å². The SMILES string of the molecule is CC1=CC(C)=C(c2ccccc2C=NNc2ccccc2C)C1C. The zero-order chi connectivity index (χ0) is 17.1. The predicted molar refractivity (Wildman–Crippen MR) is 104 cm³/mol. The van der Waals surface area contributed by atoms with Crippen LogP contribution in [0.15, 0.2) is 70.9 Å². The summed E-state index contributed by atoms with van der Waals surface area (Å²) in [5.74, 6) is 0.462. The number of aryl methyl sites for hydroxylation is 1. The number of rotatable bonds is 4. The van der Waals surface area contributed by atoms with Gasteiger partial charge < -0.3 is 0 Å². The fraction of sp³-hybridized carbons (Fsp3) is 0.227. The molecular weight excluding hydrogens is 292 g/mol. The van der Waals surface area contributed by atoms with Crippen LogP contribution in [0.1, 0.15) is 37.5 Å². The summed E-state index contributed by atoms with van der Waals surface area (Å²) in [5.41, 5.74) is 12.0. The second-order valence-electron chi connectivity index (χ2n) is 6.48. The molecule has 0 saturated heterocycles. The first-order chi connectivity index (χ1) is 11.6. The van der Waals surface area contributed by atoms with Gasteiger partial charge in [0, 0.05) is 11.5 Å². The van der Waals surface area contributed by atoms with Crippen molar-refractivity contribution in [3.05, 3.63) is 82.4 Å². The van der Waals surface area contributed by atoms with Crippen LogP contribution in [0.2, 0.25) is 0 Å². The molecule has 0 aliphatic heterocycles. The summed E-state index contributed by atoms with van der Waals surface area (Å²) in [7, 11) is 0. The Morgan fingerprint density at radius 1 is 0.958 bits per heavy atom. The van der Waals surface area contributed by atoms with Crippen LogP contribution in [0.25, 0.3) is 5.57 Å². The van der Waals surface area contributed by atoms with Crippen LogP contribution < -0.4 is 5.43 Å². The Labute approximate surface area is 144 Å².